The Morgan fingerprint density at radius 3 is 2.09 bits per heavy atom. The van der Waals surface area contributed by atoms with Gasteiger partial charge in [-0.25, -0.2) is 9.18 Å². The molecule has 0 unspecified atom stereocenters. The summed E-state index contributed by atoms with van der Waals surface area (Å²) < 4.78 is 19.1. The molecule has 6 nitrogen and oxygen atoms in total. The van der Waals surface area contributed by atoms with Crippen molar-refractivity contribution in [3.8, 4) is 0 Å². The lowest BCUT2D eigenvalue weighted by Crippen LogP contribution is -2.49. The van der Waals surface area contributed by atoms with Crippen molar-refractivity contribution >= 4 is 17.7 Å². The summed E-state index contributed by atoms with van der Waals surface area (Å²) >= 11 is 0. The number of hydrogen-bond donors (Lipinski definition) is 0. The number of ketones is 1. The van der Waals surface area contributed by atoms with Crippen molar-refractivity contribution in [3.63, 3.8) is 0 Å². The van der Waals surface area contributed by atoms with Gasteiger partial charge in [0.1, 0.15) is 5.82 Å². The summed E-state index contributed by atoms with van der Waals surface area (Å²) in [5, 5.41) is 0. The van der Waals surface area contributed by atoms with Crippen LogP contribution < -0.4 is 0 Å². The quantitative estimate of drug-likeness (QED) is 0.399. The summed E-state index contributed by atoms with van der Waals surface area (Å²) in [5.74, 6) is -1.54. The van der Waals surface area contributed by atoms with E-state index in [1.807, 2.05) is 6.07 Å². The van der Waals surface area contributed by atoms with E-state index in [2.05, 4.69) is 4.90 Å². The number of rotatable bonds is 7. The van der Waals surface area contributed by atoms with Gasteiger partial charge in [-0.3, -0.25) is 14.5 Å². The zero-order valence-corrected chi connectivity index (χ0v) is 18.7. The molecule has 0 aromatic heterocycles. The highest BCUT2D eigenvalue weighted by Gasteiger charge is 2.24. The van der Waals surface area contributed by atoms with Gasteiger partial charge in [0.05, 0.1) is 5.56 Å². The highest BCUT2D eigenvalue weighted by atomic mass is 19.1. The van der Waals surface area contributed by atoms with Gasteiger partial charge in [-0.15, -0.1) is 0 Å². The minimum atomic E-state index is -0.716. The zero-order valence-electron chi connectivity index (χ0n) is 18.7. The van der Waals surface area contributed by atoms with E-state index in [-0.39, 0.29) is 28.6 Å². The fraction of sp³-hybridized carbons (Fsp3) is 0.222. The van der Waals surface area contributed by atoms with Crippen LogP contribution in [0.3, 0.4) is 0 Å². The molecule has 0 bridgehead atoms. The minimum absolute atomic E-state index is 0.124. The van der Waals surface area contributed by atoms with Crippen LogP contribution in [0.1, 0.15) is 31.8 Å². The van der Waals surface area contributed by atoms with Crippen LogP contribution in [0.2, 0.25) is 0 Å². The van der Waals surface area contributed by atoms with Crippen LogP contribution in [0.15, 0.2) is 78.9 Å². The molecule has 3 aromatic rings. The molecule has 0 radical (unpaired) electrons. The zero-order chi connectivity index (χ0) is 23.9. The summed E-state index contributed by atoms with van der Waals surface area (Å²) in [6, 6.07) is 21.8. The number of carbonyl (C=O) groups excluding carboxylic acids is 3. The van der Waals surface area contributed by atoms with Crippen molar-refractivity contribution in [1.29, 1.82) is 0 Å². The molecule has 1 heterocycles. The molecule has 0 atom stereocenters. The molecule has 1 fully saturated rings. The van der Waals surface area contributed by atoms with Gasteiger partial charge < -0.3 is 9.64 Å². The molecule has 1 aliphatic rings. The van der Waals surface area contributed by atoms with E-state index < -0.39 is 12.6 Å². The number of benzene rings is 3. The smallest absolute Gasteiger partial charge is 0.339 e. The fourth-order valence-corrected chi connectivity index (χ4v) is 3.92. The van der Waals surface area contributed by atoms with E-state index in [9.17, 15) is 18.8 Å². The Balaban J connectivity index is 1.31. The molecule has 0 saturated carbocycles. The molecule has 1 aliphatic heterocycles. The summed E-state index contributed by atoms with van der Waals surface area (Å²) in [6.45, 7) is 2.21. The molecule has 34 heavy (non-hydrogen) atoms. The van der Waals surface area contributed by atoms with E-state index in [4.69, 9.17) is 4.74 Å². The van der Waals surface area contributed by atoms with E-state index in [0.29, 0.717) is 43.9 Å². The molecule has 3 aromatic carbocycles. The molecular weight excluding hydrogens is 435 g/mol. The van der Waals surface area contributed by atoms with Crippen LogP contribution in [-0.4, -0.2) is 60.2 Å². The Labute approximate surface area is 197 Å². The van der Waals surface area contributed by atoms with Crippen molar-refractivity contribution in [2.24, 2.45) is 0 Å². The lowest BCUT2D eigenvalue weighted by molar-refractivity contribution is -0.136. The molecule has 0 N–H and O–H groups in total. The highest BCUT2D eigenvalue weighted by Crippen LogP contribution is 2.16. The molecule has 7 heteroatoms. The monoisotopic (exact) mass is 460 g/mol. The average Bonchev–Trinajstić information content (AvgIpc) is 2.89. The maximum Gasteiger partial charge on any atom is 0.339 e. The largest absolute Gasteiger partial charge is 0.452 e. The lowest BCUT2D eigenvalue weighted by atomic mass is 9.98. The first-order chi connectivity index (χ1) is 16.5. The van der Waals surface area contributed by atoms with Gasteiger partial charge in [-0.1, -0.05) is 66.7 Å². The fourth-order valence-electron chi connectivity index (χ4n) is 3.92. The number of hydrogen-bond acceptors (Lipinski definition) is 5. The van der Waals surface area contributed by atoms with Gasteiger partial charge in [0.15, 0.2) is 12.4 Å². The normalized spacial score (nSPS) is 14.0. The van der Waals surface area contributed by atoms with Crippen molar-refractivity contribution < 1.29 is 23.5 Å². The van der Waals surface area contributed by atoms with Gasteiger partial charge in [0.25, 0.3) is 5.91 Å². The maximum absolute atomic E-state index is 13.9. The Hall–Kier alpha value is -3.84. The third-order valence-corrected chi connectivity index (χ3v) is 5.83. The second-order valence-corrected chi connectivity index (χ2v) is 8.07. The molecule has 174 valence electrons. The standard InChI is InChI=1S/C27H25FN2O4/c28-24-13-7-4-10-21(24)18-29-14-16-30(17-15-29)25(31)19-34-27(33)23-12-6-5-11-22(23)26(32)20-8-2-1-3-9-20/h1-13H,14-19H2. The Bertz CT molecular complexity index is 1170. The van der Waals surface area contributed by atoms with Gasteiger partial charge in [-0.05, 0) is 12.1 Å². The van der Waals surface area contributed by atoms with Crippen LogP contribution in [0.25, 0.3) is 0 Å². The third-order valence-electron chi connectivity index (χ3n) is 5.83. The second kappa shape index (κ2) is 10.9. The van der Waals surface area contributed by atoms with Crippen molar-refractivity contribution in [2.75, 3.05) is 32.8 Å². The molecule has 0 aliphatic carbocycles. The lowest BCUT2D eigenvalue weighted by Gasteiger charge is -2.34. The summed E-state index contributed by atoms with van der Waals surface area (Å²) in [6.07, 6.45) is 0. The minimum Gasteiger partial charge on any atom is -0.452 e. The van der Waals surface area contributed by atoms with E-state index in [1.54, 1.807) is 65.6 Å². The number of carbonyl (C=O) groups is 3. The Morgan fingerprint density at radius 2 is 1.38 bits per heavy atom. The number of amides is 1. The molecule has 4 rings (SSSR count). The summed E-state index contributed by atoms with van der Waals surface area (Å²) in [5.41, 5.74) is 1.44. The van der Waals surface area contributed by atoms with Gasteiger partial charge >= 0.3 is 5.97 Å². The van der Waals surface area contributed by atoms with E-state index in [0.717, 1.165) is 0 Å². The predicted octanol–water partition coefficient (Wildman–Crippen LogP) is 3.56. The van der Waals surface area contributed by atoms with Crippen LogP contribution in [0.4, 0.5) is 4.39 Å². The summed E-state index contributed by atoms with van der Waals surface area (Å²) in [4.78, 5) is 41.8. The van der Waals surface area contributed by atoms with Crippen LogP contribution in [0, 0.1) is 5.82 Å². The molecule has 1 amide bonds. The Kier molecular flexibility index (Phi) is 7.44. The molecule has 1 saturated heterocycles. The predicted molar refractivity (Wildman–Crippen MR) is 125 cm³/mol. The SMILES string of the molecule is O=C(OCC(=O)N1CCN(Cc2ccccc2F)CC1)c1ccccc1C(=O)c1ccccc1. The van der Waals surface area contributed by atoms with Crippen molar-refractivity contribution in [1.82, 2.24) is 9.80 Å². The van der Waals surface area contributed by atoms with Crippen LogP contribution in [0.5, 0.6) is 0 Å². The first-order valence-electron chi connectivity index (χ1n) is 11.1. The van der Waals surface area contributed by atoms with Gasteiger partial charge in [0, 0.05) is 49.4 Å². The van der Waals surface area contributed by atoms with Crippen molar-refractivity contribution in [3.05, 3.63) is 107 Å². The van der Waals surface area contributed by atoms with Crippen molar-refractivity contribution in [2.45, 2.75) is 6.54 Å². The Morgan fingerprint density at radius 1 is 0.765 bits per heavy atom. The van der Waals surface area contributed by atoms with E-state index >= 15 is 0 Å². The summed E-state index contributed by atoms with van der Waals surface area (Å²) in [7, 11) is 0. The maximum atomic E-state index is 13.9. The number of piperazine rings is 1. The molecular formula is C27H25FN2O4. The highest BCUT2D eigenvalue weighted by molar-refractivity contribution is 6.14. The average molecular weight is 461 g/mol. The number of nitrogens with zero attached hydrogens (tertiary/aromatic N) is 2. The second-order valence-electron chi connectivity index (χ2n) is 8.07. The van der Waals surface area contributed by atoms with Crippen LogP contribution in [-0.2, 0) is 16.1 Å². The third kappa shape index (κ3) is 5.55. The number of esters is 1. The van der Waals surface area contributed by atoms with Gasteiger partial charge in [-0.2, -0.15) is 0 Å². The molecule has 0 spiro atoms. The van der Waals surface area contributed by atoms with Gasteiger partial charge in [0.2, 0.25) is 0 Å². The van der Waals surface area contributed by atoms with Crippen LogP contribution >= 0.6 is 0 Å². The number of ether oxygens (including phenoxy) is 1. The first kappa shape index (κ1) is 23.3. The van der Waals surface area contributed by atoms with E-state index in [1.165, 1.54) is 12.1 Å². The topological polar surface area (TPSA) is 66.9 Å². The first-order valence-corrected chi connectivity index (χ1v) is 11.1. The number of halogens is 1.